The molecule has 0 radical (unpaired) electrons. The van der Waals surface area contributed by atoms with Gasteiger partial charge in [-0.2, -0.15) is 0 Å². The van der Waals surface area contributed by atoms with Crippen LogP contribution in [0, 0.1) is 13.8 Å². The Morgan fingerprint density at radius 2 is 1.90 bits per heavy atom. The van der Waals surface area contributed by atoms with Crippen molar-refractivity contribution in [2.75, 3.05) is 23.3 Å². The molecule has 1 N–H and O–H groups in total. The fourth-order valence-corrected chi connectivity index (χ4v) is 4.79. The second kappa shape index (κ2) is 11.0. The Balaban J connectivity index is 1.79. The fourth-order valence-electron chi connectivity index (χ4n) is 4.44. The third kappa shape index (κ3) is 5.79. The predicted octanol–water partition coefficient (Wildman–Crippen LogP) is 6.85. The van der Waals surface area contributed by atoms with Gasteiger partial charge in [0.15, 0.2) is 5.11 Å². The van der Waals surface area contributed by atoms with E-state index in [1.165, 1.54) is 66.7 Å². The number of para-hydroxylation sites is 1. The average molecular weight is 438 g/mol. The number of benzene rings is 2. The molecule has 31 heavy (non-hydrogen) atoms. The van der Waals surface area contributed by atoms with Gasteiger partial charge in [0.1, 0.15) is 0 Å². The SMILES string of the molecule is CCCCN1CCCc2cc(CN(C(=S)Nc3c(C)cccc3C)C(C)CC)ccc21. The van der Waals surface area contributed by atoms with E-state index in [4.69, 9.17) is 12.2 Å². The van der Waals surface area contributed by atoms with Gasteiger partial charge < -0.3 is 15.1 Å². The molecule has 0 aromatic heterocycles. The summed E-state index contributed by atoms with van der Waals surface area (Å²) in [7, 11) is 0. The van der Waals surface area contributed by atoms with Crippen molar-refractivity contribution in [1.82, 2.24) is 4.90 Å². The van der Waals surface area contributed by atoms with E-state index in [1.54, 1.807) is 0 Å². The monoisotopic (exact) mass is 437 g/mol. The highest BCUT2D eigenvalue weighted by Crippen LogP contribution is 2.29. The normalized spacial score (nSPS) is 14.2. The van der Waals surface area contributed by atoms with Crippen LogP contribution in [0.25, 0.3) is 0 Å². The van der Waals surface area contributed by atoms with Crippen LogP contribution in [-0.4, -0.2) is 29.1 Å². The Morgan fingerprint density at radius 1 is 1.16 bits per heavy atom. The first-order valence-electron chi connectivity index (χ1n) is 11.9. The van der Waals surface area contributed by atoms with Crippen molar-refractivity contribution in [2.45, 2.75) is 79.3 Å². The second-order valence-corrected chi connectivity index (χ2v) is 9.38. The highest BCUT2D eigenvalue weighted by atomic mass is 32.1. The maximum Gasteiger partial charge on any atom is 0.173 e. The van der Waals surface area contributed by atoms with Crippen LogP contribution in [-0.2, 0) is 13.0 Å². The minimum absolute atomic E-state index is 0.376. The van der Waals surface area contributed by atoms with Gasteiger partial charge in [-0.05, 0) is 87.0 Å². The van der Waals surface area contributed by atoms with Gasteiger partial charge in [-0.3, -0.25) is 0 Å². The molecular weight excluding hydrogens is 398 g/mol. The van der Waals surface area contributed by atoms with Gasteiger partial charge in [0.2, 0.25) is 0 Å². The van der Waals surface area contributed by atoms with Gasteiger partial charge >= 0.3 is 0 Å². The van der Waals surface area contributed by atoms with Crippen LogP contribution >= 0.6 is 12.2 Å². The summed E-state index contributed by atoms with van der Waals surface area (Å²) >= 11 is 5.91. The number of unbranched alkanes of at least 4 members (excludes halogenated alkanes) is 1. The fraction of sp³-hybridized carbons (Fsp3) is 0.519. The molecule has 1 atom stereocenters. The first kappa shape index (κ1) is 23.6. The minimum Gasteiger partial charge on any atom is -0.371 e. The van der Waals surface area contributed by atoms with Crippen molar-refractivity contribution in [2.24, 2.45) is 0 Å². The smallest absolute Gasteiger partial charge is 0.173 e. The quantitative estimate of drug-likeness (QED) is 0.455. The molecule has 0 fully saturated rings. The lowest BCUT2D eigenvalue weighted by Crippen LogP contribution is -2.40. The Kier molecular flexibility index (Phi) is 8.36. The number of anilines is 2. The third-order valence-electron chi connectivity index (χ3n) is 6.59. The van der Waals surface area contributed by atoms with Crippen LogP contribution in [0.2, 0.25) is 0 Å². The summed E-state index contributed by atoms with van der Waals surface area (Å²) in [5.74, 6) is 0. The molecule has 0 spiro atoms. The summed E-state index contributed by atoms with van der Waals surface area (Å²) in [6, 6.07) is 13.8. The third-order valence-corrected chi connectivity index (χ3v) is 6.93. The molecular formula is C27H39N3S. The number of rotatable bonds is 8. The number of nitrogens with zero attached hydrogens (tertiary/aromatic N) is 2. The van der Waals surface area contributed by atoms with E-state index < -0.39 is 0 Å². The summed E-state index contributed by atoms with van der Waals surface area (Å²) in [6.45, 7) is 14.3. The zero-order valence-corrected chi connectivity index (χ0v) is 20.8. The maximum atomic E-state index is 5.91. The lowest BCUT2D eigenvalue weighted by molar-refractivity contribution is 0.319. The summed E-state index contributed by atoms with van der Waals surface area (Å²) in [5.41, 5.74) is 7.88. The molecule has 1 unspecified atom stereocenters. The highest BCUT2D eigenvalue weighted by molar-refractivity contribution is 7.80. The van der Waals surface area contributed by atoms with Crippen LogP contribution in [0.5, 0.6) is 0 Å². The molecule has 0 saturated carbocycles. The Morgan fingerprint density at radius 3 is 2.58 bits per heavy atom. The van der Waals surface area contributed by atoms with Crippen molar-refractivity contribution in [3.05, 3.63) is 58.7 Å². The van der Waals surface area contributed by atoms with Gasteiger partial charge in [0.25, 0.3) is 0 Å². The predicted molar refractivity (Wildman–Crippen MR) is 139 cm³/mol. The van der Waals surface area contributed by atoms with Crippen LogP contribution in [0.4, 0.5) is 11.4 Å². The molecule has 1 aliphatic heterocycles. The van der Waals surface area contributed by atoms with Gasteiger partial charge in [0, 0.05) is 37.1 Å². The van der Waals surface area contributed by atoms with E-state index >= 15 is 0 Å². The van der Waals surface area contributed by atoms with Crippen molar-refractivity contribution < 1.29 is 0 Å². The van der Waals surface area contributed by atoms with E-state index in [-0.39, 0.29) is 0 Å². The summed E-state index contributed by atoms with van der Waals surface area (Å²) in [6.07, 6.45) is 6.01. The van der Waals surface area contributed by atoms with E-state index in [9.17, 15) is 0 Å². The summed E-state index contributed by atoms with van der Waals surface area (Å²) in [4.78, 5) is 4.92. The average Bonchev–Trinajstić information content (AvgIpc) is 2.77. The topological polar surface area (TPSA) is 18.5 Å². The highest BCUT2D eigenvalue weighted by Gasteiger charge is 2.20. The molecule has 0 bridgehead atoms. The van der Waals surface area contributed by atoms with Crippen LogP contribution < -0.4 is 10.2 Å². The summed E-state index contributed by atoms with van der Waals surface area (Å²) in [5, 5.41) is 4.37. The number of fused-ring (bicyclic) bond motifs is 1. The zero-order valence-electron chi connectivity index (χ0n) is 20.0. The molecule has 1 aliphatic rings. The number of nitrogens with one attached hydrogen (secondary N) is 1. The van der Waals surface area contributed by atoms with Crippen molar-refractivity contribution in [1.29, 1.82) is 0 Å². The molecule has 3 nitrogen and oxygen atoms in total. The van der Waals surface area contributed by atoms with E-state index in [0.717, 1.165) is 23.8 Å². The lowest BCUT2D eigenvalue weighted by atomic mass is 9.98. The number of hydrogen-bond donors (Lipinski definition) is 1. The van der Waals surface area contributed by atoms with E-state index in [1.807, 2.05) is 0 Å². The molecule has 4 heteroatoms. The Hall–Kier alpha value is -2.07. The number of aryl methyl sites for hydroxylation is 3. The van der Waals surface area contributed by atoms with Gasteiger partial charge in [-0.25, -0.2) is 0 Å². The first-order valence-corrected chi connectivity index (χ1v) is 12.4. The van der Waals surface area contributed by atoms with Crippen molar-refractivity contribution in [3.8, 4) is 0 Å². The van der Waals surface area contributed by atoms with E-state index in [0.29, 0.717) is 6.04 Å². The number of thiocarbonyl (C=S) groups is 1. The van der Waals surface area contributed by atoms with Crippen molar-refractivity contribution in [3.63, 3.8) is 0 Å². The zero-order chi connectivity index (χ0) is 22.4. The van der Waals surface area contributed by atoms with Gasteiger partial charge in [0.05, 0.1) is 0 Å². The Labute approximate surface area is 194 Å². The van der Waals surface area contributed by atoms with Gasteiger partial charge in [-0.15, -0.1) is 0 Å². The molecule has 0 saturated heterocycles. The molecule has 0 amide bonds. The number of hydrogen-bond acceptors (Lipinski definition) is 2. The molecule has 168 valence electrons. The Bertz CT molecular complexity index is 872. The second-order valence-electron chi connectivity index (χ2n) is 8.99. The van der Waals surface area contributed by atoms with Gasteiger partial charge in [-0.1, -0.05) is 50.6 Å². The van der Waals surface area contributed by atoms with Crippen LogP contribution in [0.15, 0.2) is 36.4 Å². The standard InChI is InChI=1S/C27H39N3S/c1-6-8-16-29-17-10-13-24-18-23(14-15-25(24)29)19-30(22(5)7-2)27(31)28-26-20(3)11-9-12-21(26)4/h9,11-12,14-15,18,22H,6-8,10,13,16-17,19H2,1-5H3,(H,28,31). The summed E-state index contributed by atoms with van der Waals surface area (Å²) < 4.78 is 0. The largest absolute Gasteiger partial charge is 0.371 e. The first-order chi connectivity index (χ1) is 14.9. The van der Waals surface area contributed by atoms with E-state index in [2.05, 4.69) is 86.1 Å². The molecule has 2 aromatic carbocycles. The minimum atomic E-state index is 0.376. The molecule has 0 aliphatic carbocycles. The van der Waals surface area contributed by atoms with Crippen molar-refractivity contribution >= 4 is 28.7 Å². The van der Waals surface area contributed by atoms with Crippen LogP contribution in [0.3, 0.4) is 0 Å². The maximum absolute atomic E-state index is 5.91. The lowest BCUT2D eigenvalue weighted by Gasteiger charge is -2.34. The molecule has 3 rings (SSSR count). The van der Waals surface area contributed by atoms with Crippen LogP contribution in [0.1, 0.15) is 68.7 Å². The molecule has 1 heterocycles. The molecule has 2 aromatic rings.